The lowest BCUT2D eigenvalue weighted by molar-refractivity contribution is -0.131. The molecule has 9 nitrogen and oxygen atoms in total. The SMILES string of the molecule is CCNC(=NCCCN1CCN(C(=O)OC(C)(C)C)CC1)N(C)CC(=O)N(CC)CC.I. The number of likely N-dealkylation sites (N-methyl/N-ethyl adjacent to an activating group) is 2. The Labute approximate surface area is 211 Å². The van der Waals surface area contributed by atoms with Crippen molar-refractivity contribution in [3.05, 3.63) is 0 Å². The summed E-state index contributed by atoms with van der Waals surface area (Å²) in [5.41, 5.74) is -0.459. The number of piperazine rings is 1. The fourth-order valence-corrected chi connectivity index (χ4v) is 3.38. The van der Waals surface area contributed by atoms with E-state index in [4.69, 9.17) is 9.73 Å². The predicted octanol–water partition coefficient (Wildman–Crippen LogP) is 2.31. The Hall–Kier alpha value is -1.30. The van der Waals surface area contributed by atoms with E-state index in [1.54, 1.807) is 4.90 Å². The second kappa shape index (κ2) is 15.5. The first-order valence-electron chi connectivity index (χ1n) is 11.6. The molecule has 1 aliphatic heterocycles. The van der Waals surface area contributed by atoms with Gasteiger partial charge in [0.15, 0.2) is 5.96 Å². The van der Waals surface area contributed by atoms with Crippen LogP contribution in [0, 0.1) is 0 Å². The van der Waals surface area contributed by atoms with Crippen LogP contribution in [0.5, 0.6) is 0 Å². The molecule has 1 rings (SSSR count). The van der Waals surface area contributed by atoms with E-state index in [0.717, 1.165) is 51.6 Å². The van der Waals surface area contributed by atoms with Gasteiger partial charge in [0.05, 0.1) is 6.54 Å². The van der Waals surface area contributed by atoms with Gasteiger partial charge in [-0.15, -0.1) is 24.0 Å². The molecular formula is C22H45IN6O3. The minimum absolute atomic E-state index is 0. The lowest BCUT2D eigenvalue weighted by Crippen LogP contribution is -2.50. The van der Waals surface area contributed by atoms with Crippen molar-refractivity contribution in [3.63, 3.8) is 0 Å². The van der Waals surface area contributed by atoms with Crippen LogP contribution >= 0.6 is 24.0 Å². The van der Waals surface area contributed by atoms with Gasteiger partial charge in [-0.1, -0.05) is 0 Å². The average Bonchev–Trinajstić information content (AvgIpc) is 2.70. The molecule has 1 N–H and O–H groups in total. The maximum Gasteiger partial charge on any atom is 0.410 e. The van der Waals surface area contributed by atoms with E-state index >= 15 is 0 Å². The zero-order chi connectivity index (χ0) is 23.4. The number of nitrogens with zero attached hydrogens (tertiary/aromatic N) is 5. The third-order valence-electron chi connectivity index (χ3n) is 5.10. The van der Waals surface area contributed by atoms with E-state index in [2.05, 4.69) is 10.2 Å². The van der Waals surface area contributed by atoms with Crippen molar-refractivity contribution in [1.82, 2.24) is 24.9 Å². The Morgan fingerprint density at radius 3 is 2.16 bits per heavy atom. The van der Waals surface area contributed by atoms with Crippen LogP contribution < -0.4 is 5.32 Å². The minimum atomic E-state index is -0.459. The van der Waals surface area contributed by atoms with E-state index in [9.17, 15) is 9.59 Å². The quantitative estimate of drug-likeness (QED) is 0.199. The van der Waals surface area contributed by atoms with E-state index in [1.165, 1.54) is 0 Å². The Kier molecular flexibility index (Phi) is 14.9. The van der Waals surface area contributed by atoms with Crippen LogP contribution in [0.25, 0.3) is 0 Å². The first-order chi connectivity index (χ1) is 14.6. The van der Waals surface area contributed by atoms with Gasteiger partial charge in [-0.3, -0.25) is 14.7 Å². The third-order valence-corrected chi connectivity index (χ3v) is 5.10. The molecular weight excluding hydrogens is 523 g/mol. The molecule has 1 fully saturated rings. The summed E-state index contributed by atoms with van der Waals surface area (Å²) in [5, 5.41) is 3.27. The van der Waals surface area contributed by atoms with E-state index < -0.39 is 5.60 Å². The molecule has 1 aliphatic rings. The first-order valence-corrected chi connectivity index (χ1v) is 11.6. The summed E-state index contributed by atoms with van der Waals surface area (Å²) in [6, 6.07) is 0. The number of carbonyl (C=O) groups is 2. The van der Waals surface area contributed by atoms with Crippen LogP contribution in [-0.2, 0) is 9.53 Å². The molecule has 0 unspecified atom stereocenters. The molecule has 0 saturated carbocycles. The molecule has 0 atom stereocenters. The van der Waals surface area contributed by atoms with E-state index in [-0.39, 0.29) is 36.0 Å². The molecule has 2 amide bonds. The molecule has 32 heavy (non-hydrogen) atoms. The number of amides is 2. The predicted molar refractivity (Wildman–Crippen MR) is 141 cm³/mol. The molecule has 10 heteroatoms. The molecule has 0 aromatic heterocycles. The first kappa shape index (κ1) is 30.7. The zero-order valence-electron chi connectivity index (χ0n) is 21.1. The summed E-state index contributed by atoms with van der Waals surface area (Å²) >= 11 is 0. The largest absolute Gasteiger partial charge is 0.444 e. The summed E-state index contributed by atoms with van der Waals surface area (Å²) in [6.07, 6.45) is 0.702. The molecule has 0 aliphatic carbocycles. The molecule has 188 valence electrons. The highest BCUT2D eigenvalue weighted by atomic mass is 127. The normalized spacial score (nSPS) is 15.1. The monoisotopic (exact) mass is 568 g/mol. The number of aliphatic imine (C=N–C) groups is 1. The highest BCUT2D eigenvalue weighted by Gasteiger charge is 2.25. The van der Waals surface area contributed by atoms with Gasteiger partial charge in [-0.25, -0.2) is 4.79 Å². The lowest BCUT2D eigenvalue weighted by atomic mass is 10.2. The number of carbonyl (C=O) groups excluding carboxylic acids is 2. The number of ether oxygens (including phenoxy) is 1. The van der Waals surface area contributed by atoms with Crippen LogP contribution in [0.2, 0.25) is 0 Å². The van der Waals surface area contributed by atoms with Crippen LogP contribution in [0.4, 0.5) is 4.79 Å². The molecule has 0 bridgehead atoms. The summed E-state index contributed by atoms with van der Waals surface area (Å²) < 4.78 is 5.45. The summed E-state index contributed by atoms with van der Waals surface area (Å²) in [5.74, 6) is 0.874. The fraction of sp³-hybridized carbons (Fsp3) is 0.864. The molecule has 0 radical (unpaired) electrons. The maximum atomic E-state index is 12.4. The van der Waals surface area contributed by atoms with Gasteiger partial charge in [-0.05, 0) is 48.0 Å². The van der Waals surface area contributed by atoms with E-state index in [0.29, 0.717) is 26.2 Å². The maximum absolute atomic E-state index is 12.4. The summed E-state index contributed by atoms with van der Waals surface area (Å²) in [7, 11) is 1.90. The van der Waals surface area contributed by atoms with Crippen molar-refractivity contribution in [2.24, 2.45) is 4.99 Å². The number of rotatable bonds is 9. The van der Waals surface area contributed by atoms with Crippen molar-refractivity contribution in [3.8, 4) is 0 Å². The van der Waals surface area contributed by atoms with Gasteiger partial charge in [0.2, 0.25) is 5.91 Å². The number of hydrogen-bond acceptors (Lipinski definition) is 5. The highest BCUT2D eigenvalue weighted by molar-refractivity contribution is 14.0. The van der Waals surface area contributed by atoms with Gasteiger partial charge in [0.1, 0.15) is 5.60 Å². The van der Waals surface area contributed by atoms with Crippen molar-refractivity contribution in [2.45, 2.75) is 53.6 Å². The van der Waals surface area contributed by atoms with Gasteiger partial charge in [0, 0.05) is 66.0 Å². The number of guanidine groups is 1. The molecule has 1 saturated heterocycles. The van der Waals surface area contributed by atoms with Crippen LogP contribution in [-0.4, -0.2) is 116 Å². The Morgan fingerprint density at radius 1 is 1.06 bits per heavy atom. The van der Waals surface area contributed by atoms with Gasteiger partial charge in [-0.2, -0.15) is 0 Å². The molecule has 0 aromatic carbocycles. The van der Waals surface area contributed by atoms with Crippen molar-refractivity contribution in [2.75, 3.05) is 72.5 Å². The number of nitrogens with one attached hydrogen (secondary N) is 1. The van der Waals surface area contributed by atoms with Crippen LogP contribution in [0.3, 0.4) is 0 Å². The van der Waals surface area contributed by atoms with Crippen LogP contribution in [0.1, 0.15) is 48.0 Å². The lowest BCUT2D eigenvalue weighted by Gasteiger charge is -2.35. The van der Waals surface area contributed by atoms with Gasteiger partial charge in [0.25, 0.3) is 0 Å². The van der Waals surface area contributed by atoms with Crippen molar-refractivity contribution >= 4 is 41.9 Å². The second-order valence-electron chi connectivity index (χ2n) is 8.82. The molecule has 0 spiro atoms. The van der Waals surface area contributed by atoms with Gasteiger partial charge >= 0.3 is 6.09 Å². The highest BCUT2D eigenvalue weighted by Crippen LogP contribution is 2.12. The number of hydrogen-bond donors (Lipinski definition) is 1. The fourth-order valence-electron chi connectivity index (χ4n) is 3.38. The van der Waals surface area contributed by atoms with Crippen molar-refractivity contribution < 1.29 is 14.3 Å². The zero-order valence-corrected chi connectivity index (χ0v) is 23.5. The van der Waals surface area contributed by atoms with Crippen molar-refractivity contribution in [1.29, 1.82) is 0 Å². The average molecular weight is 569 g/mol. The summed E-state index contributed by atoms with van der Waals surface area (Å²) in [4.78, 5) is 37.1. The second-order valence-corrected chi connectivity index (χ2v) is 8.82. The van der Waals surface area contributed by atoms with Gasteiger partial charge < -0.3 is 24.8 Å². The Morgan fingerprint density at radius 2 is 1.66 bits per heavy atom. The van der Waals surface area contributed by atoms with Crippen LogP contribution in [0.15, 0.2) is 4.99 Å². The topological polar surface area (TPSA) is 80.7 Å². The Balaban J connectivity index is 0.00000961. The number of halogens is 1. The smallest absolute Gasteiger partial charge is 0.410 e. The minimum Gasteiger partial charge on any atom is -0.444 e. The Bertz CT molecular complexity index is 585. The molecule has 1 heterocycles. The molecule has 0 aromatic rings. The van der Waals surface area contributed by atoms with E-state index in [1.807, 2.05) is 58.4 Å². The standard InChI is InChI=1S/C22H44N6O3.HI/c1-8-23-20(25(7)18-19(29)27(9-2)10-3)24-12-11-13-26-14-16-28(17-15-26)21(30)31-22(4,5)6;/h8-18H2,1-7H3,(H,23,24);1H. The summed E-state index contributed by atoms with van der Waals surface area (Å²) in [6.45, 7) is 18.9. The third kappa shape index (κ3) is 11.5.